The maximum absolute atomic E-state index is 10.9. The first-order chi connectivity index (χ1) is 9.20. The number of halogens is 2. The number of benzene rings is 1. The Labute approximate surface area is 120 Å². The molecule has 96 valence electrons. The van der Waals surface area contributed by atoms with Gasteiger partial charge in [-0.3, -0.25) is 4.79 Å². The Kier molecular flexibility index (Phi) is 4.56. The lowest BCUT2D eigenvalue weighted by molar-refractivity contribution is -0.118. The van der Waals surface area contributed by atoms with E-state index < -0.39 is 0 Å². The van der Waals surface area contributed by atoms with Crippen LogP contribution in [0.5, 0.6) is 0 Å². The summed E-state index contributed by atoms with van der Waals surface area (Å²) < 4.78 is 0. The quantitative estimate of drug-likeness (QED) is 0.523. The molecule has 0 aliphatic carbocycles. The number of nitrogens with zero attached hydrogens (tertiary/aromatic N) is 2. The number of amides is 1. The molecule has 0 saturated carbocycles. The zero-order valence-electron chi connectivity index (χ0n) is 9.78. The molecule has 1 N–H and O–H groups in total. The number of nitrogens with one attached hydrogen (secondary N) is 1. The second-order valence-corrected chi connectivity index (χ2v) is 4.23. The van der Waals surface area contributed by atoms with Crippen LogP contribution in [-0.2, 0) is 4.79 Å². The van der Waals surface area contributed by atoms with Crippen LogP contribution in [-0.4, -0.2) is 28.3 Å². The van der Waals surface area contributed by atoms with E-state index in [1.807, 2.05) is 18.2 Å². The molecule has 0 bridgehead atoms. The lowest BCUT2D eigenvalue weighted by Gasteiger charge is -1.99. The first-order valence-corrected chi connectivity index (χ1v) is 6.34. The molecule has 0 aliphatic heterocycles. The van der Waals surface area contributed by atoms with Gasteiger partial charge in [0.15, 0.2) is 0 Å². The number of fused-ring (bicyclic) bond motifs is 1. The van der Waals surface area contributed by atoms with E-state index in [1.165, 1.54) is 6.33 Å². The molecule has 0 radical (unpaired) electrons. The minimum Gasteiger partial charge on any atom is -0.344 e. The summed E-state index contributed by atoms with van der Waals surface area (Å²) in [7, 11) is 0. The molecule has 4 nitrogen and oxygen atoms in total. The molecule has 1 aromatic carbocycles. The number of hydrogen-bond acceptors (Lipinski definition) is 3. The third kappa shape index (κ3) is 3.57. The Morgan fingerprint density at radius 2 is 2.21 bits per heavy atom. The van der Waals surface area contributed by atoms with Crippen LogP contribution < -0.4 is 5.32 Å². The van der Waals surface area contributed by atoms with Crippen LogP contribution in [0.1, 0.15) is 5.56 Å². The van der Waals surface area contributed by atoms with Crippen LogP contribution in [0.15, 0.2) is 24.5 Å². The fourth-order valence-electron chi connectivity index (χ4n) is 1.44. The fraction of sp³-hybridized carbons (Fsp3) is 0.154. The molecule has 0 aliphatic rings. The Hall–Kier alpha value is -1.83. The van der Waals surface area contributed by atoms with Crippen LogP contribution in [0.4, 0.5) is 0 Å². The standard InChI is InChI=1S/C13H9Cl2N3O/c14-7-12(19)16-5-1-2-9-3-4-11-10(6-9)13(15)18-8-17-11/h3-4,6,8H,5,7H2,(H,16,19). The fourth-order valence-corrected chi connectivity index (χ4v) is 1.73. The first-order valence-electron chi connectivity index (χ1n) is 5.42. The van der Waals surface area contributed by atoms with Crippen molar-refractivity contribution in [3.05, 3.63) is 35.2 Å². The molecule has 2 rings (SSSR count). The van der Waals surface area contributed by atoms with Crippen LogP contribution in [0.25, 0.3) is 10.9 Å². The second kappa shape index (κ2) is 6.37. The summed E-state index contributed by atoms with van der Waals surface area (Å²) in [6, 6.07) is 5.47. The van der Waals surface area contributed by atoms with Crippen molar-refractivity contribution in [2.24, 2.45) is 0 Å². The molecular formula is C13H9Cl2N3O. The SMILES string of the molecule is O=C(CCl)NCC#Cc1ccc2ncnc(Cl)c2c1. The third-order valence-corrected chi connectivity index (χ3v) is 2.86. The van der Waals surface area contributed by atoms with E-state index in [-0.39, 0.29) is 18.3 Å². The minimum atomic E-state index is -0.245. The van der Waals surface area contributed by atoms with Gasteiger partial charge in [0.25, 0.3) is 0 Å². The van der Waals surface area contributed by atoms with Crippen molar-refractivity contribution in [3.63, 3.8) is 0 Å². The molecule has 1 heterocycles. The molecule has 0 saturated heterocycles. The van der Waals surface area contributed by atoms with Gasteiger partial charge in [0.05, 0.1) is 12.1 Å². The van der Waals surface area contributed by atoms with Gasteiger partial charge >= 0.3 is 0 Å². The Bertz CT molecular complexity index is 676. The van der Waals surface area contributed by atoms with Gasteiger partial charge in [0.1, 0.15) is 17.4 Å². The van der Waals surface area contributed by atoms with E-state index in [0.29, 0.717) is 5.15 Å². The summed E-state index contributed by atoms with van der Waals surface area (Å²) in [5.41, 5.74) is 1.55. The van der Waals surface area contributed by atoms with Gasteiger partial charge in [-0.2, -0.15) is 0 Å². The van der Waals surface area contributed by atoms with Gasteiger partial charge in [0, 0.05) is 10.9 Å². The predicted molar refractivity (Wildman–Crippen MR) is 75.2 cm³/mol. The van der Waals surface area contributed by atoms with Crippen LogP contribution >= 0.6 is 23.2 Å². The van der Waals surface area contributed by atoms with Crippen molar-refractivity contribution in [1.29, 1.82) is 0 Å². The summed E-state index contributed by atoms with van der Waals surface area (Å²) in [6.07, 6.45) is 1.41. The average Bonchev–Trinajstić information content (AvgIpc) is 2.44. The zero-order valence-corrected chi connectivity index (χ0v) is 11.3. The number of carbonyl (C=O) groups is 1. The maximum atomic E-state index is 10.9. The molecular weight excluding hydrogens is 285 g/mol. The lowest BCUT2D eigenvalue weighted by atomic mass is 10.1. The van der Waals surface area contributed by atoms with E-state index in [4.69, 9.17) is 23.2 Å². The van der Waals surface area contributed by atoms with Gasteiger partial charge in [-0.25, -0.2) is 9.97 Å². The number of rotatable bonds is 2. The van der Waals surface area contributed by atoms with E-state index in [9.17, 15) is 4.79 Å². The number of hydrogen-bond donors (Lipinski definition) is 1. The highest BCUT2D eigenvalue weighted by Crippen LogP contribution is 2.19. The highest BCUT2D eigenvalue weighted by atomic mass is 35.5. The molecule has 0 fully saturated rings. The summed E-state index contributed by atoms with van der Waals surface area (Å²) in [4.78, 5) is 18.9. The van der Waals surface area contributed by atoms with Gasteiger partial charge in [0.2, 0.25) is 5.91 Å². The maximum Gasteiger partial charge on any atom is 0.235 e. The molecule has 19 heavy (non-hydrogen) atoms. The smallest absolute Gasteiger partial charge is 0.235 e. The molecule has 0 spiro atoms. The monoisotopic (exact) mass is 293 g/mol. The number of alkyl halides is 1. The van der Waals surface area contributed by atoms with Crippen LogP contribution in [0, 0.1) is 11.8 Å². The van der Waals surface area contributed by atoms with Crippen molar-refractivity contribution in [1.82, 2.24) is 15.3 Å². The number of carbonyl (C=O) groups excluding carboxylic acids is 1. The van der Waals surface area contributed by atoms with Crippen molar-refractivity contribution in [2.75, 3.05) is 12.4 Å². The summed E-state index contributed by atoms with van der Waals surface area (Å²) in [5.74, 6) is 5.44. The zero-order chi connectivity index (χ0) is 13.7. The van der Waals surface area contributed by atoms with E-state index in [0.717, 1.165) is 16.5 Å². The van der Waals surface area contributed by atoms with E-state index in [2.05, 4.69) is 27.1 Å². The molecule has 0 atom stereocenters. The number of aromatic nitrogens is 2. The third-order valence-electron chi connectivity index (χ3n) is 2.31. The highest BCUT2D eigenvalue weighted by Gasteiger charge is 2.01. The molecule has 6 heteroatoms. The van der Waals surface area contributed by atoms with Gasteiger partial charge < -0.3 is 5.32 Å². The highest BCUT2D eigenvalue weighted by molar-refractivity contribution is 6.34. The van der Waals surface area contributed by atoms with Crippen LogP contribution in [0.2, 0.25) is 5.15 Å². The van der Waals surface area contributed by atoms with Crippen molar-refractivity contribution < 1.29 is 4.79 Å². The van der Waals surface area contributed by atoms with E-state index in [1.54, 1.807) is 0 Å². The van der Waals surface area contributed by atoms with E-state index >= 15 is 0 Å². The molecule has 0 unspecified atom stereocenters. The van der Waals surface area contributed by atoms with Crippen LogP contribution in [0.3, 0.4) is 0 Å². The van der Waals surface area contributed by atoms with Gasteiger partial charge in [-0.15, -0.1) is 11.6 Å². The largest absolute Gasteiger partial charge is 0.344 e. The lowest BCUT2D eigenvalue weighted by Crippen LogP contribution is -2.24. The molecule has 2 aromatic rings. The summed E-state index contributed by atoms with van der Waals surface area (Å²) >= 11 is 11.3. The topological polar surface area (TPSA) is 54.9 Å². The normalized spacial score (nSPS) is 9.79. The molecule has 1 amide bonds. The minimum absolute atomic E-state index is 0.0649. The summed E-state index contributed by atoms with van der Waals surface area (Å²) in [5, 5.41) is 3.70. The van der Waals surface area contributed by atoms with Gasteiger partial charge in [-0.1, -0.05) is 23.4 Å². The Morgan fingerprint density at radius 3 is 3.00 bits per heavy atom. The van der Waals surface area contributed by atoms with Crippen molar-refractivity contribution in [3.8, 4) is 11.8 Å². The molecule has 1 aromatic heterocycles. The first kappa shape index (κ1) is 13.6. The van der Waals surface area contributed by atoms with Crippen molar-refractivity contribution in [2.45, 2.75) is 0 Å². The van der Waals surface area contributed by atoms with Crippen molar-refractivity contribution >= 4 is 40.0 Å². The van der Waals surface area contributed by atoms with Gasteiger partial charge in [-0.05, 0) is 18.2 Å². The second-order valence-electron chi connectivity index (χ2n) is 3.61. The Balaban J connectivity index is 2.16. The average molecular weight is 294 g/mol. The Morgan fingerprint density at radius 1 is 1.37 bits per heavy atom. The summed E-state index contributed by atoms with van der Waals surface area (Å²) in [6.45, 7) is 0.253. The predicted octanol–water partition coefficient (Wildman–Crippen LogP) is 1.99.